The molecule has 0 fully saturated rings. The highest BCUT2D eigenvalue weighted by Crippen LogP contribution is 2.10. The van der Waals surface area contributed by atoms with E-state index in [4.69, 9.17) is 0 Å². The van der Waals surface area contributed by atoms with Crippen molar-refractivity contribution in [1.29, 1.82) is 0 Å². The summed E-state index contributed by atoms with van der Waals surface area (Å²) < 4.78 is 0.966. The van der Waals surface area contributed by atoms with Gasteiger partial charge in [-0.3, -0.25) is 9.79 Å². The topological polar surface area (TPSA) is 47.9 Å². The molecule has 1 amide bonds. The van der Waals surface area contributed by atoms with Crippen LogP contribution < -0.4 is 5.32 Å². The highest BCUT2D eigenvalue weighted by atomic mass is 127. The lowest BCUT2D eigenvalue weighted by Crippen LogP contribution is -2.35. The number of carbonyl (C=O) groups excluding carboxylic acids is 1. The van der Waals surface area contributed by atoms with Gasteiger partial charge in [-0.25, -0.2) is 0 Å². The molecule has 0 saturated carbocycles. The zero-order chi connectivity index (χ0) is 15.8. The van der Waals surface area contributed by atoms with Gasteiger partial charge < -0.3 is 15.1 Å². The number of carbonyl (C=O) groups is 1. The van der Waals surface area contributed by atoms with E-state index in [1.165, 1.54) is 0 Å². The van der Waals surface area contributed by atoms with Gasteiger partial charge in [0.2, 0.25) is 0 Å². The average Bonchev–Trinajstić information content (AvgIpc) is 2.42. The lowest BCUT2D eigenvalue weighted by molar-refractivity contribution is 0.0953. The minimum absolute atomic E-state index is 0. The number of benzene rings is 1. The second-order valence-corrected chi connectivity index (χ2v) is 6.00. The van der Waals surface area contributed by atoms with E-state index in [0.717, 1.165) is 16.9 Å². The number of nitrogens with zero attached hydrogens (tertiary/aromatic N) is 3. The van der Waals surface area contributed by atoms with Crippen LogP contribution in [0.25, 0.3) is 0 Å². The van der Waals surface area contributed by atoms with Crippen LogP contribution in [0.3, 0.4) is 0 Å². The number of hydrogen-bond donors (Lipinski definition) is 1. The fraction of sp³-hybridized carbons (Fsp3) is 0.467. The van der Waals surface area contributed by atoms with Crippen LogP contribution in [0, 0.1) is 0 Å². The molecular formula is C15H24BrIN4O. The van der Waals surface area contributed by atoms with Crippen molar-refractivity contribution in [2.45, 2.75) is 6.42 Å². The Kier molecular flexibility index (Phi) is 10.4. The largest absolute Gasteiger partial charge is 0.352 e. The number of guanidine groups is 1. The summed E-state index contributed by atoms with van der Waals surface area (Å²) in [5.74, 6) is 0.876. The van der Waals surface area contributed by atoms with Crippen molar-refractivity contribution in [2.75, 3.05) is 41.3 Å². The maximum atomic E-state index is 11.9. The van der Waals surface area contributed by atoms with Crippen LogP contribution in [-0.4, -0.2) is 62.9 Å². The first-order valence-electron chi connectivity index (χ1n) is 6.84. The van der Waals surface area contributed by atoms with Gasteiger partial charge in [0.15, 0.2) is 5.96 Å². The molecular weight excluding hydrogens is 459 g/mol. The second-order valence-electron chi connectivity index (χ2n) is 5.09. The summed E-state index contributed by atoms with van der Waals surface area (Å²) in [6.07, 6.45) is 0.813. The Morgan fingerprint density at radius 3 is 2.18 bits per heavy atom. The van der Waals surface area contributed by atoms with Crippen molar-refractivity contribution in [3.8, 4) is 0 Å². The van der Waals surface area contributed by atoms with Crippen LogP contribution in [0.1, 0.15) is 16.8 Å². The number of aliphatic imine (C=N–C) groups is 1. The smallest absolute Gasteiger partial charge is 0.251 e. The van der Waals surface area contributed by atoms with Crippen molar-refractivity contribution < 1.29 is 4.79 Å². The Morgan fingerprint density at radius 1 is 1.14 bits per heavy atom. The molecule has 0 radical (unpaired) electrons. The van der Waals surface area contributed by atoms with Crippen LogP contribution in [0.4, 0.5) is 0 Å². The number of nitrogens with one attached hydrogen (secondary N) is 1. The molecule has 0 saturated heterocycles. The first-order valence-corrected chi connectivity index (χ1v) is 7.64. The first-order chi connectivity index (χ1) is 9.91. The molecule has 1 rings (SSSR count). The Bertz CT molecular complexity index is 479. The standard InChI is InChI=1S/C15H23BrN4O.HI/c1-19(2)15(20(3)4)18-11-5-10-17-14(21)12-6-8-13(16)9-7-12;/h6-9H,5,10-11H2,1-4H3,(H,17,21);1H. The Labute approximate surface area is 158 Å². The third-order valence-corrected chi connectivity index (χ3v) is 3.31. The average molecular weight is 483 g/mol. The van der Waals surface area contributed by atoms with Crippen molar-refractivity contribution in [3.05, 3.63) is 34.3 Å². The molecule has 1 aromatic carbocycles. The monoisotopic (exact) mass is 482 g/mol. The van der Waals surface area contributed by atoms with E-state index in [0.29, 0.717) is 18.7 Å². The van der Waals surface area contributed by atoms with E-state index in [2.05, 4.69) is 26.2 Å². The summed E-state index contributed by atoms with van der Waals surface area (Å²) in [6, 6.07) is 7.32. The van der Waals surface area contributed by atoms with Crippen molar-refractivity contribution in [2.24, 2.45) is 4.99 Å². The molecule has 0 aromatic heterocycles. The SMILES string of the molecule is CN(C)C(=NCCCNC(=O)c1ccc(Br)cc1)N(C)C.I. The van der Waals surface area contributed by atoms with Gasteiger partial charge in [-0.15, -0.1) is 24.0 Å². The minimum atomic E-state index is -0.0491. The summed E-state index contributed by atoms with van der Waals surface area (Å²) in [6.45, 7) is 1.30. The Hall–Kier alpha value is -0.830. The molecule has 0 atom stereocenters. The quantitative estimate of drug-likeness (QED) is 0.304. The molecule has 0 aliphatic carbocycles. The summed E-state index contributed by atoms with van der Waals surface area (Å²) in [5.41, 5.74) is 0.670. The molecule has 0 unspecified atom stereocenters. The maximum absolute atomic E-state index is 11.9. The molecule has 5 nitrogen and oxygen atoms in total. The van der Waals surface area contributed by atoms with Crippen LogP contribution in [0.15, 0.2) is 33.7 Å². The fourth-order valence-corrected chi connectivity index (χ4v) is 2.11. The summed E-state index contributed by atoms with van der Waals surface area (Å²) in [4.78, 5) is 20.4. The van der Waals surface area contributed by atoms with Gasteiger partial charge in [0.05, 0.1) is 0 Å². The lowest BCUT2D eigenvalue weighted by atomic mass is 10.2. The van der Waals surface area contributed by atoms with Gasteiger partial charge in [-0.05, 0) is 30.7 Å². The van der Waals surface area contributed by atoms with Gasteiger partial charge in [0.25, 0.3) is 5.91 Å². The molecule has 0 aliphatic rings. The van der Waals surface area contributed by atoms with Crippen LogP contribution in [0.2, 0.25) is 0 Å². The van der Waals surface area contributed by atoms with Crippen molar-refractivity contribution >= 4 is 51.8 Å². The van der Waals surface area contributed by atoms with Crippen LogP contribution >= 0.6 is 39.9 Å². The molecule has 0 spiro atoms. The van der Waals surface area contributed by atoms with E-state index < -0.39 is 0 Å². The highest BCUT2D eigenvalue weighted by molar-refractivity contribution is 14.0. The number of rotatable bonds is 5. The van der Waals surface area contributed by atoms with Crippen molar-refractivity contribution in [3.63, 3.8) is 0 Å². The highest BCUT2D eigenvalue weighted by Gasteiger charge is 2.05. The third-order valence-electron chi connectivity index (χ3n) is 2.78. The zero-order valence-corrected chi connectivity index (χ0v) is 17.4. The molecule has 124 valence electrons. The minimum Gasteiger partial charge on any atom is -0.352 e. The number of amides is 1. The molecule has 22 heavy (non-hydrogen) atoms. The normalized spacial score (nSPS) is 9.50. The fourth-order valence-electron chi connectivity index (χ4n) is 1.85. The van der Waals surface area contributed by atoms with Gasteiger partial charge in [0.1, 0.15) is 0 Å². The van der Waals surface area contributed by atoms with Gasteiger partial charge in [-0.2, -0.15) is 0 Å². The molecule has 1 aromatic rings. The third kappa shape index (κ3) is 7.44. The molecule has 1 N–H and O–H groups in total. The number of hydrogen-bond acceptors (Lipinski definition) is 2. The lowest BCUT2D eigenvalue weighted by Gasteiger charge is -2.22. The number of halogens is 2. The maximum Gasteiger partial charge on any atom is 0.251 e. The van der Waals surface area contributed by atoms with Gasteiger partial charge in [0, 0.05) is 51.3 Å². The summed E-state index contributed by atoms with van der Waals surface area (Å²) in [5, 5.41) is 2.90. The van der Waals surface area contributed by atoms with E-state index in [-0.39, 0.29) is 29.9 Å². The van der Waals surface area contributed by atoms with Crippen molar-refractivity contribution in [1.82, 2.24) is 15.1 Å². The van der Waals surface area contributed by atoms with E-state index in [1.807, 2.05) is 50.1 Å². The predicted octanol–water partition coefficient (Wildman–Crippen LogP) is 2.67. The Balaban J connectivity index is 0.00000441. The van der Waals surface area contributed by atoms with Gasteiger partial charge >= 0.3 is 0 Å². The van der Waals surface area contributed by atoms with Crippen LogP contribution in [0.5, 0.6) is 0 Å². The molecule has 0 heterocycles. The second kappa shape index (κ2) is 10.8. The van der Waals surface area contributed by atoms with E-state index >= 15 is 0 Å². The van der Waals surface area contributed by atoms with Gasteiger partial charge in [-0.1, -0.05) is 15.9 Å². The summed E-state index contributed by atoms with van der Waals surface area (Å²) >= 11 is 3.35. The summed E-state index contributed by atoms with van der Waals surface area (Å²) in [7, 11) is 7.87. The molecule has 0 bridgehead atoms. The zero-order valence-electron chi connectivity index (χ0n) is 13.5. The predicted molar refractivity (Wildman–Crippen MR) is 106 cm³/mol. The first kappa shape index (κ1) is 21.2. The molecule has 0 aliphatic heterocycles. The Morgan fingerprint density at radius 2 is 1.68 bits per heavy atom. The molecule has 7 heteroatoms. The van der Waals surface area contributed by atoms with Crippen LogP contribution in [-0.2, 0) is 0 Å². The van der Waals surface area contributed by atoms with E-state index in [9.17, 15) is 4.79 Å². The van der Waals surface area contributed by atoms with E-state index in [1.54, 1.807) is 12.1 Å².